The molecule has 3 N–H and O–H groups in total. The Morgan fingerprint density at radius 2 is 1.24 bits per heavy atom. The Kier molecular flexibility index (Phi) is 5.77. The van der Waals surface area contributed by atoms with E-state index in [1.165, 1.54) is 17.5 Å². The number of nitrogens with one attached hydrogen (secondary N) is 3. The standard InChI is InChI=1S/C18H28N6S/c1-12-10-8-9-11-13(12)25-24-16-20-14(22-17(2,3)4)19-15(21-16)23-18(5,6)7/h8-11H,1-7H3,(H3,19,20,21,22,23,24). The predicted octanol–water partition coefficient (Wildman–Crippen LogP) is 4.72. The van der Waals surface area contributed by atoms with Crippen LogP contribution in [-0.4, -0.2) is 26.0 Å². The van der Waals surface area contributed by atoms with E-state index in [2.05, 4.69) is 90.9 Å². The maximum absolute atomic E-state index is 4.49. The third-order valence-corrected chi connectivity index (χ3v) is 3.92. The highest BCUT2D eigenvalue weighted by Gasteiger charge is 2.17. The first-order valence-electron chi connectivity index (χ1n) is 8.33. The first-order chi connectivity index (χ1) is 11.5. The van der Waals surface area contributed by atoms with Crippen LogP contribution < -0.4 is 15.4 Å². The third kappa shape index (κ3) is 6.78. The summed E-state index contributed by atoms with van der Waals surface area (Å²) in [6, 6.07) is 8.19. The molecule has 2 aromatic rings. The van der Waals surface area contributed by atoms with Crippen molar-refractivity contribution in [3.63, 3.8) is 0 Å². The Morgan fingerprint density at radius 3 is 1.72 bits per heavy atom. The highest BCUT2D eigenvalue weighted by Crippen LogP contribution is 2.24. The lowest BCUT2D eigenvalue weighted by molar-refractivity contribution is 0.617. The number of aryl methyl sites for hydroxylation is 1. The molecule has 0 atom stereocenters. The van der Waals surface area contributed by atoms with Crippen LogP contribution in [0, 0.1) is 6.92 Å². The van der Waals surface area contributed by atoms with E-state index in [1.54, 1.807) is 0 Å². The average molecular weight is 361 g/mol. The van der Waals surface area contributed by atoms with Gasteiger partial charge in [0, 0.05) is 16.0 Å². The summed E-state index contributed by atoms with van der Waals surface area (Å²) in [6.07, 6.45) is 0. The fourth-order valence-corrected chi connectivity index (χ4v) is 2.64. The van der Waals surface area contributed by atoms with Crippen molar-refractivity contribution in [3.8, 4) is 0 Å². The van der Waals surface area contributed by atoms with Gasteiger partial charge in [0.1, 0.15) is 0 Å². The molecule has 6 nitrogen and oxygen atoms in total. The molecular weight excluding hydrogens is 332 g/mol. The molecule has 25 heavy (non-hydrogen) atoms. The number of hydrogen-bond acceptors (Lipinski definition) is 7. The molecule has 2 rings (SSSR count). The van der Waals surface area contributed by atoms with Gasteiger partial charge < -0.3 is 10.6 Å². The summed E-state index contributed by atoms with van der Waals surface area (Å²) < 4.78 is 3.23. The summed E-state index contributed by atoms with van der Waals surface area (Å²) in [5, 5.41) is 6.61. The summed E-state index contributed by atoms with van der Waals surface area (Å²) in [5.74, 6) is 1.60. The van der Waals surface area contributed by atoms with Gasteiger partial charge in [-0.2, -0.15) is 15.0 Å². The molecule has 0 radical (unpaired) electrons. The lowest BCUT2D eigenvalue weighted by Crippen LogP contribution is -2.30. The molecule has 0 aliphatic rings. The van der Waals surface area contributed by atoms with Crippen LogP contribution in [0.5, 0.6) is 0 Å². The van der Waals surface area contributed by atoms with E-state index < -0.39 is 0 Å². The minimum absolute atomic E-state index is 0.138. The van der Waals surface area contributed by atoms with E-state index in [0.29, 0.717) is 17.8 Å². The van der Waals surface area contributed by atoms with Crippen molar-refractivity contribution in [2.45, 2.75) is 64.4 Å². The molecule has 0 fully saturated rings. The van der Waals surface area contributed by atoms with Gasteiger partial charge in [-0.05, 0) is 72.0 Å². The average Bonchev–Trinajstić information content (AvgIpc) is 2.42. The minimum atomic E-state index is -0.138. The van der Waals surface area contributed by atoms with Crippen molar-refractivity contribution < 1.29 is 0 Å². The molecule has 1 heterocycles. The lowest BCUT2D eigenvalue weighted by atomic mass is 10.1. The summed E-state index contributed by atoms with van der Waals surface area (Å²) in [7, 11) is 0. The number of anilines is 3. The molecule has 1 aromatic heterocycles. The molecule has 136 valence electrons. The quantitative estimate of drug-likeness (QED) is 0.666. The van der Waals surface area contributed by atoms with Crippen molar-refractivity contribution >= 4 is 29.8 Å². The first kappa shape index (κ1) is 19.3. The van der Waals surface area contributed by atoms with Gasteiger partial charge in [-0.1, -0.05) is 18.2 Å². The Balaban J connectivity index is 2.24. The second kappa shape index (κ2) is 7.47. The summed E-state index contributed by atoms with van der Waals surface area (Å²) in [6.45, 7) is 14.5. The van der Waals surface area contributed by atoms with Crippen molar-refractivity contribution in [2.75, 3.05) is 15.4 Å². The van der Waals surface area contributed by atoms with Gasteiger partial charge >= 0.3 is 0 Å². The van der Waals surface area contributed by atoms with Gasteiger partial charge in [0.2, 0.25) is 17.8 Å². The fraction of sp³-hybridized carbons (Fsp3) is 0.500. The minimum Gasteiger partial charge on any atom is -0.349 e. The van der Waals surface area contributed by atoms with Crippen molar-refractivity contribution in [1.82, 2.24) is 15.0 Å². The van der Waals surface area contributed by atoms with Crippen LogP contribution >= 0.6 is 11.9 Å². The second-order valence-electron chi connectivity index (χ2n) is 8.03. The predicted molar refractivity (Wildman–Crippen MR) is 107 cm³/mol. The molecule has 0 aliphatic heterocycles. The van der Waals surface area contributed by atoms with Gasteiger partial charge in [0.15, 0.2) is 0 Å². The van der Waals surface area contributed by atoms with Crippen LogP contribution in [0.2, 0.25) is 0 Å². The molecule has 0 spiro atoms. The summed E-state index contributed by atoms with van der Waals surface area (Å²) >= 11 is 1.50. The monoisotopic (exact) mass is 360 g/mol. The highest BCUT2D eigenvalue weighted by molar-refractivity contribution is 8.00. The summed E-state index contributed by atoms with van der Waals surface area (Å²) in [4.78, 5) is 14.6. The van der Waals surface area contributed by atoms with Crippen LogP contribution in [0.3, 0.4) is 0 Å². The van der Waals surface area contributed by atoms with E-state index in [1.807, 2.05) is 12.1 Å². The normalized spacial score (nSPS) is 12.0. The highest BCUT2D eigenvalue weighted by atomic mass is 32.2. The van der Waals surface area contributed by atoms with Crippen LogP contribution in [-0.2, 0) is 0 Å². The molecule has 0 saturated carbocycles. The van der Waals surface area contributed by atoms with Crippen molar-refractivity contribution in [1.29, 1.82) is 0 Å². The lowest BCUT2D eigenvalue weighted by Gasteiger charge is -2.23. The summed E-state index contributed by atoms with van der Waals surface area (Å²) in [5.41, 5.74) is 0.928. The smallest absolute Gasteiger partial charge is 0.239 e. The zero-order valence-electron chi connectivity index (χ0n) is 16.1. The number of nitrogens with zero attached hydrogens (tertiary/aromatic N) is 3. The number of benzene rings is 1. The van der Waals surface area contributed by atoms with Crippen LogP contribution in [0.25, 0.3) is 0 Å². The molecule has 0 aliphatic carbocycles. The van der Waals surface area contributed by atoms with Crippen molar-refractivity contribution in [3.05, 3.63) is 29.8 Å². The second-order valence-corrected chi connectivity index (χ2v) is 8.87. The topological polar surface area (TPSA) is 74.8 Å². The molecule has 0 unspecified atom stereocenters. The largest absolute Gasteiger partial charge is 0.349 e. The fourth-order valence-electron chi connectivity index (χ4n) is 1.98. The molecule has 0 amide bonds. The zero-order valence-corrected chi connectivity index (χ0v) is 16.9. The Morgan fingerprint density at radius 1 is 0.760 bits per heavy atom. The van der Waals surface area contributed by atoms with E-state index in [4.69, 9.17) is 0 Å². The molecule has 1 aromatic carbocycles. The molecule has 7 heteroatoms. The van der Waals surface area contributed by atoms with Crippen LogP contribution in [0.15, 0.2) is 29.2 Å². The van der Waals surface area contributed by atoms with Gasteiger partial charge in [0.25, 0.3) is 0 Å². The molecule has 0 saturated heterocycles. The van der Waals surface area contributed by atoms with Crippen LogP contribution in [0.4, 0.5) is 17.8 Å². The maximum atomic E-state index is 4.49. The van der Waals surface area contributed by atoms with E-state index in [0.717, 1.165) is 4.90 Å². The molecular formula is C18H28N6S. The zero-order chi connectivity index (χ0) is 18.7. The third-order valence-electron chi connectivity index (χ3n) is 2.95. The van der Waals surface area contributed by atoms with E-state index >= 15 is 0 Å². The van der Waals surface area contributed by atoms with Gasteiger partial charge in [0.05, 0.1) is 0 Å². The van der Waals surface area contributed by atoms with Gasteiger partial charge in [-0.3, -0.25) is 4.72 Å². The first-order valence-corrected chi connectivity index (χ1v) is 9.14. The molecule has 0 bridgehead atoms. The Hall–Kier alpha value is -2.02. The number of aromatic nitrogens is 3. The van der Waals surface area contributed by atoms with Crippen LogP contribution in [0.1, 0.15) is 47.1 Å². The SMILES string of the molecule is Cc1ccccc1SNc1nc(NC(C)(C)C)nc(NC(C)(C)C)n1. The number of hydrogen-bond donors (Lipinski definition) is 3. The van der Waals surface area contributed by atoms with E-state index in [9.17, 15) is 0 Å². The van der Waals surface area contributed by atoms with E-state index in [-0.39, 0.29) is 11.1 Å². The van der Waals surface area contributed by atoms with Gasteiger partial charge in [-0.25, -0.2) is 0 Å². The van der Waals surface area contributed by atoms with Gasteiger partial charge in [-0.15, -0.1) is 0 Å². The Bertz CT molecular complexity index is 684. The Labute approximate surface area is 154 Å². The van der Waals surface area contributed by atoms with Crippen molar-refractivity contribution in [2.24, 2.45) is 0 Å². The maximum Gasteiger partial charge on any atom is 0.239 e. The number of rotatable bonds is 5.